The molecule has 4 aromatic heterocycles. The summed E-state index contributed by atoms with van der Waals surface area (Å²) in [6.45, 7) is 0. The van der Waals surface area contributed by atoms with E-state index >= 15 is 0 Å². The number of nitrogens with zero attached hydrogens (tertiary/aromatic N) is 3. The van der Waals surface area contributed by atoms with Gasteiger partial charge in [-0.25, -0.2) is 4.98 Å². The highest BCUT2D eigenvalue weighted by Crippen LogP contribution is 2.41. The normalized spacial score (nSPS) is 12.0. The molecule has 8 rings (SSSR count). The Labute approximate surface area is 200 Å². The van der Waals surface area contributed by atoms with Gasteiger partial charge < -0.3 is 13.4 Å². The zero-order valence-corrected chi connectivity index (χ0v) is 18.7. The van der Waals surface area contributed by atoms with Crippen molar-refractivity contribution >= 4 is 49.4 Å². The van der Waals surface area contributed by atoms with Gasteiger partial charge in [-0.3, -0.25) is 0 Å². The SMILES string of the molecule is c1cc(-c2cn3ccccc3n2)cc(-n2c3ccccc3c3ccc4oc5ccccc5c4c32)c1. The largest absolute Gasteiger partial charge is 0.456 e. The molecule has 0 bridgehead atoms. The van der Waals surface area contributed by atoms with Crippen LogP contribution in [0.15, 0.2) is 120 Å². The van der Waals surface area contributed by atoms with E-state index in [4.69, 9.17) is 9.40 Å². The lowest BCUT2D eigenvalue weighted by Gasteiger charge is -2.10. The summed E-state index contributed by atoms with van der Waals surface area (Å²) in [7, 11) is 0. The van der Waals surface area contributed by atoms with Crippen LogP contribution in [0.25, 0.3) is 66.3 Å². The molecule has 8 aromatic rings. The number of fused-ring (bicyclic) bond motifs is 8. The molecular formula is C31H19N3O. The van der Waals surface area contributed by atoms with Crippen molar-refractivity contribution in [3.05, 3.63) is 116 Å². The minimum absolute atomic E-state index is 0.902. The second-order valence-electron chi connectivity index (χ2n) is 8.93. The molecule has 0 radical (unpaired) electrons. The molecule has 0 amide bonds. The molecule has 0 saturated carbocycles. The van der Waals surface area contributed by atoms with Crippen molar-refractivity contribution in [1.82, 2.24) is 14.0 Å². The van der Waals surface area contributed by atoms with Gasteiger partial charge in [0.25, 0.3) is 0 Å². The van der Waals surface area contributed by atoms with Gasteiger partial charge in [0, 0.05) is 39.8 Å². The zero-order valence-electron chi connectivity index (χ0n) is 18.7. The summed E-state index contributed by atoms with van der Waals surface area (Å²) in [5.74, 6) is 0. The van der Waals surface area contributed by atoms with Crippen LogP contribution in [-0.4, -0.2) is 14.0 Å². The molecule has 0 spiro atoms. The number of hydrogen-bond acceptors (Lipinski definition) is 2. The van der Waals surface area contributed by atoms with Crippen LogP contribution >= 0.6 is 0 Å². The fourth-order valence-electron chi connectivity index (χ4n) is 5.41. The fourth-order valence-corrected chi connectivity index (χ4v) is 5.41. The summed E-state index contributed by atoms with van der Waals surface area (Å²) >= 11 is 0. The number of rotatable bonds is 2. The minimum atomic E-state index is 0.902. The summed E-state index contributed by atoms with van der Waals surface area (Å²) in [5, 5.41) is 4.73. The first-order valence-corrected chi connectivity index (χ1v) is 11.7. The average molecular weight is 450 g/mol. The monoisotopic (exact) mass is 449 g/mol. The number of benzene rings is 4. The van der Waals surface area contributed by atoms with E-state index in [2.05, 4.69) is 88.0 Å². The second kappa shape index (κ2) is 6.84. The van der Waals surface area contributed by atoms with Crippen LogP contribution in [0, 0.1) is 0 Å². The molecule has 4 heterocycles. The number of imidazole rings is 1. The van der Waals surface area contributed by atoms with Crippen molar-refractivity contribution < 1.29 is 4.42 Å². The van der Waals surface area contributed by atoms with Crippen LogP contribution in [0.2, 0.25) is 0 Å². The Bertz CT molecular complexity index is 2040. The number of para-hydroxylation sites is 2. The van der Waals surface area contributed by atoms with E-state index in [1.807, 2.05) is 36.5 Å². The van der Waals surface area contributed by atoms with E-state index in [-0.39, 0.29) is 0 Å². The summed E-state index contributed by atoms with van der Waals surface area (Å²) in [5.41, 5.74) is 8.23. The van der Waals surface area contributed by atoms with Crippen LogP contribution in [0.5, 0.6) is 0 Å². The average Bonchev–Trinajstić information content (AvgIpc) is 3.60. The van der Waals surface area contributed by atoms with E-state index in [1.54, 1.807) is 0 Å². The van der Waals surface area contributed by atoms with Crippen LogP contribution < -0.4 is 0 Å². The number of hydrogen-bond donors (Lipinski definition) is 0. The fraction of sp³-hybridized carbons (Fsp3) is 0. The van der Waals surface area contributed by atoms with Gasteiger partial charge in [0.15, 0.2) is 0 Å². The third-order valence-corrected chi connectivity index (χ3v) is 6.94. The van der Waals surface area contributed by atoms with Gasteiger partial charge in [0.05, 0.1) is 22.1 Å². The predicted molar refractivity (Wildman–Crippen MR) is 142 cm³/mol. The Kier molecular flexibility index (Phi) is 3.63. The smallest absolute Gasteiger partial charge is 0.137 e. The molecular weight excluding hydrogens is 430 g/mol. The molecule has 0 unspecified atom stereocenters. The van der Waals surface area contributed by atoms with Crippen LogP contribution in [0.3, 0.4) is 0 Å². The van der Waals surface area contributed by atoms with Gasteiger partial charge in [0.2, 0.25) is 0 Å². The number of pyridine rings is 1. The first kappa shape index (κ1) is 18.6. The highest BCUT2D eigenvalue weighted by atomic mass is 16.3. The molecule has 164 valence electrons. The lowest BCUT2D eigenvalue weighted by Crippen LogP contribution is -1.94. The maximum Gasteiger partial charge on any atom is 0.137 e. The molecule has 4 nitrogen and oxygen atoms in total. The maximum absolute atomic E-state index is 6.25. The van der Waals surface area contributed by atoms with Crippen LogP contribution in [0.1, 0.15) is 0 Å². The summed E-state index contributed by atoms with van der Waals surface area (Å²) in [4.78, 5) is 4.85. The second-order valence-corrected chi connectivity index (χ2v) is 8.93. The van der Waals surface area contributed by atoms with Gasteiger partial charge in [-0.15, -0.1) is 0 Å². The third kappa shape index (κ3) is 2.59. The van der Waals surface area contributed by atoms with Crippen molar-refractivity contribution in [2.45, 2.75) is 0 Å². The molecule has 0 aliphatic carbocycles. The molecule has 0 aliphatic heterocycles. The first-order chi connectivity index (χ1) is 17.3. The molecule has 4 heteroatoms. The van der Waals surface area contributed by atoms with E-state index in [0.29, 0.717) is 0 Å². The van der Waals surface area contributed by atoms with Crippen molar-refractivity contribution in [2.24, 2.45) is 0 Å². The Morgan fingerprint density at radius 2 is 1.51 bits per heavy atom. The van der Waals surface area contributed by atoms with Gasteiger partial charge in [-0.2, -0.15) is 0 Å². The highest BCUT2D eigenvalue weighted by molar-refractivity contribution is 6.24. The predicted octanol–water partition coefficient (Wildman–Crippen LogP) is 8.00. The topological polar surface area (TPSA) is 35.4 Å². The molecule has 0 N–H and O–H groups in total. The maximum atomic E-state index is 6.25. The number of aromatic nitrogens is 3. The summed E-state index contributed by atoms with van der Waals surface area (Å²) < 4.78 is 10.7. The van der Waals surface area contributed by atoms with Crippen LogP contribution in [0.4, 0.5) is 0 Å². The zero-order chi connectivity index (χ0) is 22.9. The molecule has 0 atom stereocenters. The van der Waals surface area contributed by atoms with Crippen molar-refractivity contribution in [1.29, 1.82) is 0 Å². The quantitative estimate of drug-likeness (QED) is 0.268. The van der Waals surface area contributed by atoms with E-state index in [9.17, 15) is 0 Å². The molecule has 35 heavy (non-hydrogen) atoms. The van der Waals surface area contributed by atoms with Gasteiger partial charge in [-0.1, -0.05) is 54.6 Å². The third-order valence-electron chi connectivity index (χ3n) is 6.94. The van der Waals surface area contributed by atoms with Gasteiger partial charge in [-0.05, 0) is 48.5 Å². The Balaban J connectivity index is 1.48. The standard InChI is InChI=1S/C31H19N3O/c1-3-12-26-22(10-1)23-15-16-28-30(24-11-2-4-13-27(24)35-28)31(23)34(26)21-9-7-8-20(18-21)25-19-33-17-6-5-14-29(33)32-25/h1-19H. The van der Waals surface area contributed by atoms with Crippen LogP contribution in [-0.2, 0) is 0 Å². The molecule has 0 saturated heterocycles. The Morgan fingerprint density at radius 1 is 0.657 bits per heavy atom. The molecule has 4 aromatic carbocycles. The summed E-state index contributed by atoms with van der Waals surface area (Å²) in [6, 6.07) is 35.9. The van der Waals surface area contributed by atoms with E-state index < -0.39 is 0 Å². The Hall–Kier alpha value is -4.83. The lowest BCUT2D eigenvalue weighted by atomic mass is 10.1. The number of furan rings is 1. The van der Waals surface area contributed by atoms with Gasteiger partial charge >= 0.3 is 0 Å². The minimum Gasteiger partial charge on any atom is -0.456 e. The van der Waals surface area contributed by atoms with E-state index in [1.165, 1.54) is 21.8 Å². The summed E-state index contributed by atoms with van der Waals surface area (Å²) in [6.07, 6.45) is 4.12. The van der Waals surface area contributed by atoms with Crippen molar-refractivity contribution in [3.8, 4) is 16.9 Å². The Morgan fingerprint density at radius 3 is 2.46 bits per heavy atom. The van der Waals surface area contributed by atoms with Gasteiger partial charge in [0.1, 0.15) is 16.8 Å². The lowest BCUT2D eigenvalue weighted by molar-refractivity contribution is 0.669. The molecule has 0 fully saturated rings. The van der Waals surface area contributed by atoms with E-state index in [0.717, 1.165) is 44.5 Å². The molecule has 0 aliphatic rings. The van der Waals surface area contributed by atoms with Crippen molar-refractivity contribution in [3.63, 3.8) is 0 Å². The highest BCUT2D eigenvalue weighted by Gasteiger charge is 2.19. The van der Waals surface area contributed by atoms with Crippen molar-refractivity contribution in [2.75, 3.05) is 0 Å². The first-order valence-electron chi connectivity index (χ1n) is 11.7.